The summed E-state index contributed by atoms with van der Waals surface area (Å²) in [5.41, 5.74) is 2.49. The van der Waals surface area contributed by atoms with Crippen LogP contribution < -0.4 is 24.7 Å². The quantitative estimate of drug-likeness (QED) is 0.245. The Labute approximate surface area is 231 Å². The van der Waals surface area contributed by atoms with Gasteiger partial charge in [0.2, 0.25) is 5.82 Å². The summed E-state index contributed by atoms with van der Waals surface area (Å²) in [4.78, 5) is 20.8. The average molecular weight is 539 g/mol. The number of hydrogen-bond donors (Lipinski definition) is 0. The van der Waals surface area contributed by atoms with Crippen LogP contribution in [0, 0.1) is 0 Å². The minimum absolute atomic E-state index is 0.272. The van der Waals surface area contributed by atoms with E-state index in [4.69, 9.17) is 23.6 Å². The summed E-state index contributed by atoms with van der Waals surface area (Å²) in [6.45, 7) is 1.94. The largest absolute Gasteiger partial charge is 0.496 e. The molecule has 1 aliphatic heterocycles. The second kappa shape index (κ2) is 10.8. The van der Waals surface area contributed by atoms with Crippen LogP contribution in [0.4, 0.5) is 5.69 Å². The fourth-order valence-corrected chi connectivity index (χ4v) is 5.22. The number of nitrogens with zero attached hydrogens (tertiary/aromatic N) is 4. The van der Waals surface area contributed by atoms with Crippen molar-refractivity contribution >= 4 is 33.8 Å². The van der Waals surface area contributed by atoms with Gasteiger partial charge in [-0.25, -0.2) is 4.98 Å². The normalized spacial score (nSPS) is 13.8. The zero-order valence-electron chi connectivity index (χ0n) is 22.7. The van der Waals surface area contributed by atoms with E-state index >= 15 is 0 Å². The summed E-state index contributed by atoms with van der Waals surface area (Å²) in [5.74, 6) is 2.68. The molecular formula is C31H30N4O5. The smallest absolute Gasteiger partial charge is 0.282 e. The van der Waals surface area contributed by atoms with Gasteiger partial charge in [-0.05, 0) is 55.7 Å². The van der Waals surface area contributed by atoms with Crippen LogP contribution in [0.2, 0.25) is 0 Å². The second-order valence-corrected chi connectivity index (χ2v) is 9.61. The molecule has 0 atom stereocenters. The number of rotatable bonds is 7. The molecule has 0 aliphatic carbocycles. The SMILES string of the molecule is COc1cc(N2CCCCC2)c(OC)cc1C=Nn1c(-c2cc3c(OC)cccc3o2)nc2ccccc2c1=O. The van der Waals surface area contributed by atoms with E-state index in [1.165, 1.54) is 11.1 Å². The van der Waals surface area contributed by atoms with Gasteiger partial charge in [0.25, 0.3) is 5.56 Å². The molecule has 1 saturated heterocycles. The van der Waals surface area contributed by atoms with Crippen molar-refractivity contribution in [3.63, 3.8) is 0 Å². The first kappa shape index (κ1) is 25.5. The van der Waals surface area contributed by atoms with Crippen molar-refractivity contribution in [2.24, 2.45) is 5.10 Å². The molecule has 40 heavy (non-hydrogen) atoms. The molecule has 0 radical (unpaired) electrons. The molecule has 1 aliphatic rings. The van der Waals surface area contributed by atoms with E-state index in [1.807, 2.05) is 42.5 Å². The Hall–Kier alpha value is -4.79. The third-order valence-corrected chi connectivity index (χ3v) is 7.26. The Morgan fingerprint density at radius 1 is 0.850 bits per heavy atom. The highest BCUT2D eigenvalue weighted by Crippen LogP contribution is 2.37. The molecule has 2 aromatic heterocycles. The van der Waals surface area contributed by atoms with Crippen molar-refractivity contribution in [1.82, 2.24) is 9.66 Å². The molecule has 0 spiro atoms. The minimum atomic E-state index is -0.319. The van der Waals surface area contributed by atoms with Gasteiger partial charge in [0.05, 0.1) is 49.5 Å². The third kappa shape index (κ3) is 4.53. The van der Waals surface area contributed by atoms with Crippen LogP contribution in [0.15, 0.2) is 75.0 Å². The van der Waals surface area contributed by atoms with Gasteiger partial charge in [-0.3, -0.25) is 4.79 Å². The Bertz CT molecular complexity index is 1780. The van der Waals surface area contributed by atoms with E-state index < -0.39 is 0 Å². The van der Waals surface area contributed by atoms with Crippen LogP contribution in [-0.2, 0) is 0 Å². The van der Waals surface area contributed by atoms with Crippen LogP contribution >= 0.6 is 0 Å². The van der Waals surface area contributed by atoms with E-state index in [9.17, 15) is 4.79 Å². The zero-order chi connectivity index (χ0) is 27.6. The maximum atomic E-state index is 13.7. The number of methoxy groups -OCH3 is 3. The predicted octanol–water partition coefficient (Wildman–Crippen LogP) is 5.71. The average Bonchev–Trinajstić information content (AvgIpc) is 3.45. The number of hydrogen-bond acceptors (Lipinski definition) is 8. The van der Waals surface area contributed by atoms with Crippen molar-refractivity contribution in [3.05, 3.63) is 76.6 Å². The lowest BCUT2D eigenvalue weighted by Gasteiger charge is -2.30. The van der Waals surface area contributed by atoms with E-state index in [1.54, 1.807) is 45.7 Å². The van der Waals surface area contributed by atoms with Gasteiger partial charge < -0.3 is 23.5 Å². The minimum Gasteiger partial charge on any atom is -0.496 e. The highest BCUT2D eigenvalue weighted by atomic mass is 16.5. The number of para-hydroxylation sites is 1. The van der Waals surface area contributed by atoms with Crippen molar-refractivity contribution in [3.8, 4) is 28.8 Å². The molecule has 3 aromatic carbocycles. The summed E-state index contributed by atoms with van der Waals surface area (Å²) in [7, 11) is 4.88. The standard InChI is InChI=1S/C31H30N4O5/c1-37-25-12-9-13-26-22(25)17-29(40-26)30-33-23-11-6-5-10-21(23)31(36)35(30)32-19-20-16-28(39-3)24(18-27(20)38-2)34-14-7-4-8-15-34/h5-6,9-13,16-19H,4,7-8,14-15H2,1-3H3. The first-order valence-electron chi connectivity index (χ1n) is 13.3. The van der Waals surface area contributed by atoms with Gasteiger partial charge >= 0.3 is 0 Å². The molecule has 9 heteroatoms. The van der Waals surface area contributed by atoms with Crippen molar-refractivity contribution in [2.75, 3.05) is 39.3 Å². The molecule has 0 amide bonds. The van der Waals surface area contributed by atoms with Crippen LogP contribution in [0.5, 0.6) is 17.2 Å². The van der Waals surface area contributed by atoms with E-state index in [2.05, 4.69) is 10.0 Å². The summed E-state index contributed by atoms with van der Waals surface area (Å²) < 4.78 is 24.4. The lowest BCUT2D eigenvalue weighted by molar-refractivity contribution is 0.401. The van der Waals surface area contributed by atoms with Crippen molar-refractivity contribution in [1.29, 1.82) is 0 Å². The molecule has 3 heterocycles. The van der Waals surface area contributed by atoms with E-state index in [-0.39, 0.29) is 11.4 Å². The Kier molecular flexibility index (Phi) is 6.86. The molecule has 0 bridgehead atoms. The molecule has 0 N–H and O–H groups in total. The summed E-state index contributed by atoms with van der Waals surface area (Å²) in [6, 6.07) is 18.4. The fourth-order valence-electron chi connectivity index (χ4n) is 5.22. The lowest BCUT2D eigenvalue weighted by atomic mass is 10.1. The highest BCUT2D eigenvalue weighted by Gasteiger charge is 2.20. The van der Waals surface area contributed by atoms with Gasteiger partial charge in [-0.2, -0.15) is 9.78 Å². The van der Waals surface area contributed by atoms with Crippen molar-refractivity contribution < 1.29 is 18.6 Å². The molecule has 204 valence electrons. The van der Waals surface area contributed by atoms with Gasteiger partial charge in [0.1, 0.15) is 22.8 Å². The number of furan rings is 1. The van der Waals surface area contributed by atoms with Crippen LogP contribution in [0.3, 0.4) is 0 Å². The van der Waals surface area contributed by atoms with Gasteiger partial charge in [0.15, 0.2) is 5.76 Å². The van der Waals surface area contributed by atoms with E-state index in [0.29, 0.717) is 39.3 Å². The van der Waals surface area contributed by atoms with Crippen LogP contribution in [0.25, 0.3) is 33.5 Å². The first-order valence-corrected chi connectivity index (χ1v) is 13.3. The maximum absolute atomic E-state index is 13.7. The van der Waals surface area contributed by atoms with Crippen LogP contribution in [-0.4, -0.2) is 50.3 Å². The highest BCUT2D eigenvalue weighted by molar-refractivity contribution is 5.89. The van der Waals surface area contributed by atoms with E-state index in [0.717, 1.165) is 42.8 Å². The Morgan fingerprint density at radius 2 is 1.62 bits per heavy atom. The monoisotopic (exact) mass is 538 g/mol. The fraction of sp³-hybridized carbons (Fsp3) is 0.258. The number of anilines is 1. The van der Waals surface area contributed by atoms with Gasteiger partial charge in [0, 0.05) is 24.7 Å². The predicted molar refractivity (Wildman–Crippen MR) is 156 cm³/mol. The summed E-state index contributed by atoms with van der Waals surface area (Å²) >= 11 is 0. The van der Waals surface area contributed by atoms with Crippen molar-refractivity contribution in [2.45, 2.75) is 19.3 Å². The maximum Gasteiger partial charge on any atom is 0.282 e. The number of aromatic nitrogens is 2. The molecule has 0 saturated carbocycles. The summed E-state index contributed by atoms with van der Waals surface area (Å²) in [6.07, 6.45) is 5.10. The zero-order valence-corrected chi connectivity index (χ0v) is 22.7. The molecule has 5 aromatic rings. The van der Waals surface area contributed by atoms with Gasteiger partial charge in [-0.1, -0.05) is 18.2 Å². The first-order chi connectivity index (χ1) is 19.6. The second-order valence-electron chi connectivity index (χ2n) is 9.61. The van der Waals surface area contributed by atoms with Crippen LogP contribution in [0.1, 0.15) is 24.8 Å². The Balaban J connectivity index is 1.50. The topological polar surface area (TPSA) is 91.3 Å². The molecule has 6 rings (SSSR count). The number of piperidine rings is 1. The molecule has 9 nitrogen and oxygen atoms in total. The third-order valence-electron chi connectivity index (χ3n) is 7.26. The lowest BCUT2D eigenvalue weighted by Crippen LogP contribution is -2.29. The van der Waals surface area contributed by atoms with Gasteiger partial charge in [-0.15, -0.1) is 0 Å². The summed E-state index contributed by atoms with van der Waals surface area (Å²) in [5, 5.41) is 5.84. The molecular weight excluding hydrogens is 508 g/mol. The Morgan fingerprint density at radius 3 is 2.40 bits per heavy atom. The molecule has 0 unspecified atom stereocenters. The number of benzene rings is 3. The molecule has 1 fully saturated rings. The number of ether oxygens (including phenoxy) is 3. The number of fused-ring (bicyclic) bond motifs is 2.